The van der Waals surface area contributed by atoms with Crippen LogP contribution >= 0.6 is 0 Å². The average Bonchev–Trinajstić information content (AvgIpc) is 2.97. The summed E-state index contributed by atoms with van der Waals surface area (Å²) in [4.78, 5) is 12.9. The minimum absolute atomic E-state index is 0.152. The molecule has 4 heteroatoms. The van der Waals surface area contributed by atoms with Crippen LogP contribution in [0.5, 0.6) is 0 Å². The molecule has 0 amide bonds. The van der Waals surface area contributed by atoms with Gasteiger partial charge in [0.15, 0.2) is 0 Å². The molecule has 0 heterocycles. The lowest BCUT2D eigenvalue weighted by Gasteiger charge is -2.52. The molecule has 4 atom stereocenters. The summed E-state index contributed by atoms with van der Waals surface area (Å²) in [7, 11) is 0. The quantitative estimate of drug-likeness (QED) is 0.459. The van der Waals surface area contributed by atoms with E-state index in [2.05, 4.69) is 64.1 Å². The first-order valence-corrected chi connectivity index (χ1v) is 10.1. The van der Waals surface area contributed by atoms with Crippen LogP contribution in [0, 0.1) is 49.5 Å². The SMILES string of the molecule is CC1(C)C=CC2=C3C1=CC1([N+](=O)[O-])C(C#N)C4=CC=CC=CC4C31C(C)(C)C=C2. The largest absolute Gasteiger partial charge is 0.271 e. The lowest BCUT2D eigenvalue weighted by Crippen LogP contribution is -2.59. The summed E-state index contributed by atoms with van der Waals surface area (Å²) in [6.07, 6.45) is 20.2. The highest BCUT2D eigenvalue weighted by Gasteiger charge is 2.83. The molecule has 5 aliphatic carbocycles. The Morgan fingerprint density at radius 3 is 2.52 bits per heavy atom. The molecule has 29 heavy (non-hydrogen) atoms. The normalized spacial score (nSPS) is 39.1. The summed E-state index contributed by atoms with van der Waals surface area (Å²) in [5.41, 5.74) is 0.790. The zero-order chi connectivity index (χ0) is 20.8. The molecule has 0 aromatic rings. The van der Waals surface area contributed by atoms with Crippen LogP contribution in [0.2, 0.25) is 0 Å². The number of rotatable bonds is 1. The van der Waals surface area contributed by atoms with E-state index in [-0.39, 0.29) is 16.3 Å². The fourth-order valence-corrected chi connectivity index (χ4v) is 6.72. The van der Waals surface area contributed by atoms with E-state index in [4.69, 9.17) is 0 Å². The molecule has 5 aliphatic rings. The smallest absolute Gasteiger partial charge is 0.264 e. The zero-order valence-electron chi connectivity index (χ0n) is 17.1. The Balaban J connectivity index is 2.01. The van der Waals surface area contributed by atoms with Gasteiger partial charge in [-0.15, -0.1) is 0 Å². The van der Waals surface area contributed by atoms with Crippen molar-refractivity contribution in [2.45, 2.75) is 33.2 Å². The lowest BCUT2D eigenvalue weighted by molar-refractivity contribution is -0.578. The number of fused-ring (bicyclic) bond motifs is 1. The molecule has 0 N–H and O–H groups in total. The van der Waals surface area contributed by atoms with E-state index in [1.54, 1.807) is 0 Å². The van der Waals surface area contributed by atoms with Gasteiger partial charge in [0.05, 0.1) is 11.5 Å². The summed E-state index contributed by atoms with van der Waals surface area (Å²) < 4.78 is 0. The summed E-state index contributed by atoms with van der Waals surface area (Å²) >= 11 is 0. The lowest BCUT2D eigenvalue weighted by atomic mass is 9.48. The standard InChI is InChI=1S/C25H24N2O2/c1-22(2)12-10-16-11-13-23(3,4)25-18-9-7-5-6-8-17(18)20(15-26)24(25,27(28)29)14-19(22)21(16)25/h5-14,18,20H,1-4H3. The van der Waals surface area contributed by atoms with Gasteiger partial charge in [0.1, 0.15) is 5.92 Å². The van der Waals surface area contributed by atoms with Crippen molar-refractivity contribution in [3.05, 3.63) is 93.2 Å². The van der Waals surface area contributed by atoms with E-state index in [0.717, 1.165) is 22.3 Å². The van der Waals surface area contributed by atoms with E-state index >= 15 is 0 Å². The van der Waals surface area contributed by atoms with Crippen LogP contribution < -0.4 is 0 Å². The molecule has 0 aromatic carbocycles. The van der Waals surface area contributed by atoms with Gasteiger partial charge in [-0.05, 0) is 28.4 Å². The fraction of sp³-hybridized carbons (Fsp3) is 0.400. The third-order valence-electron chi connectivity index (χ3n) is 7.86. The second-order valence-electron chi connectivity index (χ2n) is 9.87. The molecular weight excluding hydrogens is 360 g/mol. The molecule has 0 radical (unpaired) electrons. The molecule has 1 fully saturated rings. The van der Waals surface area contributed by atoms with Crippen LogP contribution in [0.4, 0.5) is 0 Å². The highest BCUT2D eigenvalue weighted by molar-refractivity contribution is 5.70. The first-order valence-electron chi connectivity index (χ1n) is 10.1. The molecule has 1 spiro atoms. The number of allylic oxidation sites excluding steroid dienone is 11. The Labute approximate surface area is 171 Å². The van der Waals surface area contributed by atoms with Gasteiger partial charge in [-0.1, -0.05) is 82.4 Å². The molecule has 146 valence electrons. The highest BCUT2D eigenvalue weighted by Crippen LogP contribution is 2.77. The molecule has 0 aromatic heterocycles. The summed E-state index contributed by atoms with van der Waals surface area (Å²) in [5, 5.41) is 23.3. The maximum atomic E-state index is 13.0. The number of hydrogen-bond acceptors (Lipinski definition) is 3. The fourth-order valence-electron chi connectivity index (χ4n) is 6.72. The van der Waals surface area contributed by atoms with Crippen LogP contribution in [0.25, 0.3) is 0 Å². The van der Waals surface area contributed by atoms with Gasteiger partial charge in [0, 0.05) is 21.7 Å². The second-order valence-corrected chi connectivity index (χ2v) is 9.87. The molecular formula is C25H24N2O2. The van der Waals surface area contributed by atoms with Gasteiger partial charge < -0.3 is 0 Å². The monoisotopic (exact) mass is 384 g/mol. The molecule has 4 nitrogen and oxygen atoms in total. The highest BCUT2D eigenvalue weighted by atomic mass is 16.6. The van der Waals surface area contributed by atoms with Crippen LogP contribution in [-0.2, 0) is 0 Å². The number of nitrogens with zero attached hydrogens (tertiary/aromatic N) is 2. The maximum Gasteiger partial charge on any atom is 0.271 e. The topological polar surface area (TPSA) is 66.9 Å². The maximum absolute atomic E-state index is 13.0. The van der Waals surface area contributed by atoms with E-state index in [1.807, 2.05) is 30.4 Å². The van der Waals surface area contributed by atoms with Gasteiger partial charge in [-0.3, -0.25) is 10.1 Å². The van der Waals surface area contributed by atoms with Crippen molar-refractivity contribution >= 4 is 0 Å². The minimum Gasteiger partial charge on any atom is -0.264 e. The minimum atomic E-state index is -1.50. The Morgan fingerprint density at radius 2 is 1.83 bits per heavy atom. The van der Waals surface area contributed by atoms with E-state index in [0.29, 0.717) is 0 Å². The molecule has 4 unspecified atom stereocenters. The second kappa shape index (κ2) is 5.16. The molecule has 5 rings (SSSR count). The van der Waals surface area contributed by atoms with Crippen molar-refractivity contribution in [1.29, 1.82) is 5.26 Å². The van der Waals surface area contributed by atoms with Gasteiger partial charge in [0.25, 0.3) is 5.54 Å². The van der Waals surface area contributed by atoms with Crippen LogP contribution in [0.15, 0.2) is 83.1 Å². The van der Waals surface area contributed by atoms with Crippen molar-refractivity contribution in [2.24, 2.45) is 28.1 Å². The Bertz CT molecular complexity index is 1110. The van der Waals surface area contributed by atoms with Crippen molar-refractivity contribution in [1.82, 2.24) is 0 Å². The van der Waals surface area contributed by atoms with Crippen molar-refractivity contribution < 1.29 is 4.92 Å². The first kappa shape index (κ1) is 18.1. The number of nitro groups is 1. The van der Waals surface area contributed by atoms with Crippen molar-refractivity contribution in [2.75, 3.05) is 0 Å². The first-order chi connectivity index (χ1) is 13.6. The Hall–Kier alpha value is -2.93. The molecule has 0 saturated heterocycles. The van der Waals surface area contributed by atoms with E-state index in [9.17, 15) is 15.4 Å². The van der Waals surface area contributed by atoms with Crippen LogP contribution in [0.3, 0.4) is 0 Å². The van der Waals surface area contributed by atoms with Crippen molar-refractivity contribution in [3.63, 3.8) is 0 Å². The van der Waals surface area contributed by atoms with Crippen LogP contribution in [-0.4, -0.2) is 10.5 Å². The average molecular weight is 384 g/mol. The molecule has 0 bridgehead atoms. The Kier molecular flexibility index (Phi) is 3.22. The molecule has 1 saturated carbocycles. The Morgan fingerprint density at radius 1 is 1.10 bits per heavy atom. The van der Waals surface area contributed by atoms with Crippen LogP contribution in [0.1, 0.15) is 27.7 Å². The number of hydrogen-bond donors (Lipinski definition) is 0. The van der Waals surface area contributed by atoms with Crippen molar-refractivity contribution in [3.8, 4) is 6.07 Å². The van der Waals surface area contributed by atoms with E-state index < -0.39 is 22.3 Å². The third-order valence-corrected chi connectivity index (χ3v) is 7.86. The van der Waals surface area contributed by atoms with E-state index in [1.165, 1.54) is 0 Å². The molecule has 0 aliphatic heterocycles. The van der Waals surface area contributed by atoms with Gasteiger partial charge >= 0.3 is 0 Å². The summed E-state index contributed by atoms with van der Waals surface area (Å²) in [5.74, 6) is -1.03. The van der Waals surface area contributed by atoms with Gasteiger partial charge in [-0.2, -0.15) is 5.26 Å². The predicted molar refractivity (Wildman–Crippen MR) is 112 cm³/mol. The predicted octanol–water partition coefficient (Wildman–Crippen LogP) is 5.24. The zero-order valence-corrected chi connectivity index (χ0v) is 17.1. The summed E-state index contributed by atoms with van der Waals surface area (Å²) in [6.45, 7) is 8.40. The third kappa shape index (κ3) is 1.72. The van der Waals surface area contributed by atoms with Gasteiger partial charge in [0.2, 0.25) is 0 Å². The number of nitriles is 1. The summed E-state index contributed by atoms with van der Waals surface area (Å²) in [6, 6.07) is 2.37. The van der Waals surface area contributed by atoms with Gasteiger partial charge in [-0.25, -0.2) is 0 Å².